The second kappa shape index (κ2) is 14.2. The zero-order valence-electron chi connectivity index (χ0n) is 31.2. The Labute approximate surface area is 290 Å². The molecule has 2 bridgehead atoms. The topological polar surface area (TPSA) is 89.5 Å². The number of carbonyl (C=O) groups excluding carboxylic acids is 2. The normalized spacial score (nSPS) is 42.6. The maximum absolute atomic E-state index is 14.6. The van der Waals surface area contributed by atoms with Crippen molar-refractivity contribution in [3.63, 3.8) is 0 Å². The second-order valence-electron chi connectivity index (χ2n) is 16.9. The van der Waals surface area contributed by atoms with Gasteiger partial charge < -0.3 is 27.8 Å². The molecule has 3 saturated heterocycles. The minimum Gasteiger partial charge on any atom is -0.462 e. The van der Waals surface area contributed by atoms with Gasteiger partial charge in [0.25, 0.3) is 0 Å². The summed E-state index contributed by atoms with van der Waals surface area (Å²) in [6.45, 7) is 23.6. The molecule has 0 saturated carbocycles. The molecule has 10 heteroatoms. The Morgan fingerprint density at radius 2 is 1.69 bits per heavy atom. The first-order valence-electron chi connectivity index (χ1n) is 18.2. The Morgan fingerprint density at radius 1 is 0.958 bits per heavy atom. The highest BCUT2D eigenvalue weighted by Gasteiger charge is 2.63. The molecule has 0 radical (unpaired) electrons. The van der Waals surface area contributed by atoms with Crippen LogP contribution in [0.15, 0.2) is 47.1 Å². The molecule has 1 unspecified atom stereocenters. The Morgan fingerprint density at radius 3 is 2.35 bits per heavy atom. The van der Waals surface area contributed by atoms with Gasteiger partial charge in [-0.25, -0.2) is 0 Å². The highest BCUT2D eigenvalue weighted by atomic mass is 28.4. The number of esters is 1. The number of rotatable bonds is 5. The predicted octanol–water partition coefficient (Wildman–Crippen LogP) is 7.82. The molecule has 1 aliphatic carbocycles. The van der Waals surface area contributed by atoms with Crippen LogP contribution in [-0.2, 0) is 37.4 Å². The molecule has 1 spiro atoms. The molecule has 5 aliphatic rings. The highest BCUT2D eigenvalue weighted by Crippen LogP contribution is 2.49. The lowest BCUT2D eigenvalue weighted by molar-refractivity contribution is -0.337. The number of hydrogen-bond donors (Lipinski definition) is 0. The van der Waals surface area contributed by atoms with E-state index in [0.717, 1.165) is 30.4 Å². The van der Waals surface area contributed by atoms with Gasteiger partial charge in [0, 0.05) is 25.7 Å². The summed E-state index contributed by atoms with van der Waals surface area (Å²) in [5, 5.41) is 0. The van der Waals surface area contributed by atoms with Crippen molar-refractivity contribution in [1.29, 1.82) is 0 Å². The van der Waals surface area contributed by atoms with E-state index in [1.165, 1.54) is 0 Å². The summed E-state index contributed by atoms with van der Waals surface area (Å²) in [7, 11) is -4.26. The first-order chi connectivity index (χ1) is 22.3. The molecule has 0 N–H and O–H groups in total. The molecule has 0 aromatic rings. The van der Waals surface area contributed by atoms with Crippen LogP contribution >= 0.6 is 0 Å². The highest BCUT2D eigenvalue weighted by molar-refractivity contribution is 6.70. The fraction of sp³-hybridized carbons (Fsp3) is 0.737. The molecule has 8 nitrogen and oxygen atoms in total. The SMILES string of the molecule is CC[C@H]1O[C@]2(CC[C@@H]1C)C[C@@H]1C[C@@H](CC(O[Si](C)(C)C)/C(C)=C\[C@@H](C)/C=C/C=C3\CO[C@@H]4C(=O)C(C)=C[C@@H](C(=O)O1)[C@]34O[Si](C)(C)C)O2. The van der Waals surface area contributed by atoms with E-state index >= 15 is 0 Å². The van der Waals surface area contributed by atoms with Gasteiger partial charge in [-0.3, -0.25) is 9.59 Å². The van der Waals surface area contributed by atoms with Crippen LogP contribution in [-0.4, -0.2) is 76.9 Å². The summed E-state index contributed by atoms with van der Waals surface area (Å²) in [4.78, 5) is 28.3. The maximum Gasteiger partial charge on any atom is 0.316 e. The van der Waals surface area contributed by atoms with Crippen LogP contribution in [0.3, 0.4) is 0 Å². The Balaban J connectivity index is 1.63. The monoisotopic (exact) mass is 700 g/mol. The number of hydrogen-bond acceptors (Lipinski definition) is 8. The Kier molecular flexibility index (Phi) is 11.1. The van der Waals surface area contributed by atoms with Crippen LogP contribution in [0.1, 0.15) is 73.1 Å². The van der Waals surface area contributed by atoms with Crippen molar-refractivity contribution in [2.24, 2.45) is 17.8 Å². The van der Waals surface area contributed by atoms with Crippen molar-refractivity contribution in [2.75, 3.05) is 6.61 Å². The summed E-state index contributed by atoms with van der Waals surface area (Å²) in [5.41, 5.74) is 1.19. The Hall–Kier alpha value is -1.67. The van der Waals surface area contributed by atoms with Crippen molar-refractivity contribution in [2.45, 2.75) is 154 Å². The average Bonchev–Trinajstić information content (AvgIpc) is 3.32. The second-order valence-corrected chi connectivity index (χ2v) is 25.8. The van der Waals surface area contributed by atoms with Gasteiger partial charge in [-0.15, -0.1) is 0 Å². The van der Waals surface area contributed by atoms with E-state index in [4.69, 9.17) is 27.8 Å². The van der Waals surface area contributed by atoms with Crippen LogP contribution in [0.4, 0.5) is 0 Å². The molecular formula is C38H60O8Si2. The lowest BCUT2D eigenvalue weighted by atomic mass is 9.71. The fourth-order valence-corrected chi connectivity index (χ4v) is 10.8. The molecule has 268 valence electrons. The number of fused-ring (bicyclic) bond motifs is 2. The van der Waals surface area contributed by atoms with E-state index in [0.29, 0.717) is 30.8 Å². The smallest absolute Gasteiger partial charge is 0.316 e. The van der Waals surface area contributed by atoms with Crippen LogP contribution < -0.4 is 0 Å². The quantitative estimate of drug-likeness (QED) is 0.163. The minimum absolute atomic E-state index is 0.0717. The standard InChI is InChI=1S/C38H60O8Si2/c1-12-32-25(3)16-17-37(44-32)22-30-20-29(43-37)21-33(45-47(6,7)8)26(4)18-24(2)14-13-15-28-23-41-35-34(39)27(5)19-31(36(40)42-30)38(28,35)46-48(9,10)11/h13-15,18-19,24-25,29-33,35H,12,16-17,20-23H2,1-11H3/b14-13+,26-18-,28-15+/t24-,25-,29-,30-,31-,32+,33?,35+,37+,38+/m0/s1. The predicted molar refractivity (Wildman–Crippen MR) is 192 cm³/mol. The van der Waals surface area contributed by atoms with E-state index in [-0.39, 0.29) is 36.6 Å². The first kappa shape index (κ1) is 37.6. The van der Waals surface area contributed by atoms with Gasteiger partial charge in [0.15, 0.2) is 34.3 Å². The van der Waals surface area contributed by atoms with E-state index in [1.54, 1.807) is 13.0 Å². The van der Waals surface area contributed by atoms with Crippen LogP contribution in [0.2, 0.25) is 39.3 Å². The van der Waals surface area contributed by atoms with Gasteiger partial charge in [0.2, 0.25) is 0 Å². The van der Waals surface area contributed by atoms with Gasteiger partial charge >= 0.3 is 5.97 Å². The first-order valence-corrected chi connectivity index (χ1v) is 25.0. The lowest BCUT2D eigenvalue weighted by Crippen LogP contribution is -2.61. The third-order valence-electron chi connectivity index (χ3n) is 10.4. The number of ether oxygens (including phenoxy) is 4. The Bertz CT molecular complexity index is 1350. The summed E-state index contributed by atoms with van der Waals surface area (Å²) < 4.78 is 40.4. The van der Waals surface area contributed by atoms with E-state index in [2.05, 4.69) is 79.1 Å². The van der Waals surface area contributed by atoms with Crippen LogP contribution in [0, 0.1) is 17.8 Å². The van der Waals surface area contributed by atoms with Gasteiger partial charge in [0.1, 0.15) is 17.6 Å². The average molecular weight is 701 g/mol. The van der Waals surface area contributed by atoms with Crippen molar-refractivity contribution in [3.05, 3.63) is 47.1 Å². The third kappa shape index (κ3) is 8.11. The van der Waals surface area contributed by atoms with E-state index in [1.807, 2.05) is 12.2 Å². The number of ketones is 1. The van der Waals surface area contributed by atoms with Gasteiger partial charge in [-0.05, 0) is 94.5 Å². The molecule has 0 aromatic carbocycles. The van der Waals surface area contributed by atoms with Crippen molar-refractivity contribution < 1.29 is 37.4 Å². The minimum atomic E-state index is -2.33. The molecule has 4 aliphatic heterocycles. The van der Waals surface area contributed by atoms with E-state index < -0.39 is 52.1 Å². The maximum atomic E-state index is 14.6. The molecule has 4 heterocycles. The summed E-state index contributed by atoms with van der Waals surface area (Å²) in [6, 6.07) is 0. The molecule has 0 aromatic heterocycles. The fourth-order valence-electron chi connectivity index (χ4n) is 8.30. The summed E-state index contributed by atoms with van der Waals surface area (Å²) >= 11 is 0. The zero-order chi connectivity index (χ0) is 35.2. The van der Waals surface area contributed by atoms with Crippen molar-refractivity contribution in [3.8, 4) is 0 Å². The molecule has 0 amide bonds. The van der Waals surface area contributed by atoms with Crippen LogP contribution in [0.5, 0.6) is 0 Å². The summed E-state index contributed by atoms with van der Waals surface area (Å²) in [5.74, 6) is -1.67. The third-order valence-corrected chi connectivity index (χ3v) is 12.3. The zero-order valence-corrected chi connectivity index (χ0v) is 33.2. The van der Waals surface area contributed by atoms with E-state index in [9.17, 15) is 9.59 Å². The number of Topliss-reactive ketones (excluding diaryl/α,β-unsaturated/α-hetero) is 1. The molecule has 3 fully saturated rings. The molecule has 5 rings (SSSR count). The number of carbonyl (C=O) groups is 2. The van der Waals surface area contributed by atoms with Crippen molar-refractivity contribution >= 4 is 28.4 Å². The molecular weight excluding hydrogens is 641 g/mol. The largest absolute Gasteiger partial charge is 0.462 e. The van der Waals surface area contributed by atoms with Gasteiger partial charge in [-0.2, -0.15) is 0 Å². The van der Waals surface area contributed by atoms with Gasteiger partial charge in [-0.1, -0.05) is 51.2 Å². The summed E-state index contributed by atoms with van der Waals surface area (Å²) in [6.07, 6.45) is 12.8. The van der Waals surface area contributed by atoms with Crippen molar-refractivity contribution in [1.82, 2.24) is 0 Å². The molecule has 48 heavy (non-hydrogen) atoms. The lowest BCUT2D eigenvalue weighted by Gasteiger charge is -2.50. The number of allylic oxidation sites excluding steroid dienone is 4. The molecule has 10 atom stereocenters. The van der Waals surface area contributed by atoms with Crippen LogP contribution in [0.25, 0.3) is 0 Å². The van der Waals surface area contributed by atoms with Gasteiger partial charge in [0.05, 0.1) is 24.9 Å².